The van der Waals surface area contributed by atoms with Gasteiger partial charge in [0.05, 0.1) is 17.2 Å². The third-order valence-corrected chi connectivity index (χ3v) is 4.40. The van der Waals surface area contributed by atoms with Crippen molar-refractivity contribution in [1.29, 1.82) is 5.26 Å². The van der Waals surface area contributed by atoms with Crippen molar-refractivity contribution >= 4 is 15.7 Å². The first kappa shape index (κ1) is 14.9. The van der Waals surface area contributed by atoms with Gasteiger partial charge in [-0.05, 0) is 43.3 Å². The predicted molar refractivity (Wildman–Crippen MR) is 79.3 cm³/mol. The van der Waals surface area contributed by atoms with Crippen molar-refractivity contribution in [3.63, 3.8) is 0 Å². The lowest BCUT2D eigenvalue weighted by Crippen LogP contribution is -2.25. The summed E-state index contributed by atoms with van der Waals surface area (Å²) in [5, 5.41) is 9.21. The van der Waals surface area contributed by atoms with Crippen molar-refractivity contribution in [3.05, 3.63) is 54.6 Å². The molecule has 2 aromatic carbocycles. The fourth-order valence-electron chi connectivity index (χ4n) is 1.79. The number of benzene rings is 2. The molecule has 0 aliphatic rings. The molecule has 0 aromatic heterocycles. The topological polar surface area (TPSA) is 70.4 Å². The molecular weight excluding hydrogens is 288 g/mol. The van der Waals surface area contributed by atoms with Crippen LogP contribution in [0.15, 0.2) is 59.5 Å². The smallest absolute Gasteiger partial charge is 0.276 e. The van der Waals surface area contributed by atoms with Gasteiger partial charge in [-0.15, -0.1) is 0 Å². The number of hydrogen-bond donors (Lipinski definition) is 0. The van der Waals surface area contributed by atoms with Crippen LogP contribution in [-0.4, -0.2) is 15.0 Å². The van der Waals surface area contributed by atoms with Gasteiger partial charge in [0.1, 0.15) is 5.75 Å². The Hall–Kier alpha value is -2.52. The van der Waals surface area contributed by atoms with Gasteiger partial charge in [-0.2, -0.15) is 18.0 Å². The molecule has 0 spiro atoms. The molecule has 21 heavy (non-hydrogen) atoms. The van der Waals surface area contributed by atoms with E-state index >= 15 is 0 Å². The number of nitriles is 1. The molecule has 0 unspecified atom stereocenters. The predicted octanol–water partition coefficient (Wildman–Crippen LogP) is 2.76. The van der Waals surface area contributed by atoms with Crippen LogP contribution in [0.5, 0.6) is 5.75 Å². The maximum absolute atomic E-state index is 12.4. The summed E-state index contributed by atoms with van der Waals surface area (Å²) >= 11 is 0. The van der Waals surface area contributed by atoms with Crippen molar-refractivity contribution in [2.75, 3.05) is 10.9 Å². The van der Waals surface area contributed by atoms with E-state index in [1.54, 1.807) is 36.5 Å². The fourth-order valence-corrected chi connectivity index (χ4v) is 3.01. The normalized spacial score (nSPS) is 10.7. The van der Waals surface area contributed by atoms with E-state index in [-0.39, 0.29) is 10.6 Å². The molecule has 6 heteroatoms. The number of rotatable bonds is 5. The minimum Gasteiger partial charge on any atom is -0.494 e. The van der Waals surface area contributed by atoms with E-state index in [9.17, 15) is 13.7 Å². The molecule has 0 atom stereocenters. The maximum Gasteiger partial charge on any atom is 0.276 e. The molecule has 0 bridgehead atoms. The summed E-state index contributed by atoms with van der Waals surface area (Å²) in [4.78, 5) is 0.0698. The average molecular weight is 302 g/mol. The van der Waals surface area contributed by atoms with Gasteiger partial charge < -0.3 is 4.74 Å². The maximum atomic E-state index is 12.4. The van der Waals surface area contributed by atoms with Gasteiger partial charge in [0.2, 0.25) is 0 Å². The Morgan fingerprint density at radius 1 is 1.10 bits per heavy atom. The van der Waals surface area contributed by atoms with Crippen molar-refractivity contribution in [2.24, 2.45) is 0 Å². The van der Waals surface area contributed by atoms with Crippen molar-refractivity contribution < 1.29 is 13.2 Å². The van der Waals surface area contributed by atoms with Crippen LogP contribution in [0.1, 0.15) is 6.92 Å². The third-order valence-electron chi connectivity index (χ3n) is 2.75. The van der Waals surface area contributed by atoms with Gasteiger partial charge in [0, 0.05) is 0 Å². The molecule has 2 aromatic rings. The van der Waals surface area contributed by atoms with E-state index in [4.69, 9.17) is 4.74 Å². The lowest BCUT2D eigenvalue weighted by atomic mass is 10.3. The second-order valence-electron chi connectivity index (χ2n) is 4.11. The highest BCUT2D eigenvalue weighted by atomic mass is 32.2. The molecule has 0 aliphatic carbocycles. The monoisotopic (exact) mass is 302 g/mol. The van der Waals surface area contributed by atoms with Crippen LogP contribution in [0.2, 0.25) is 0 Å². The molecule has 0 N–H and O–H groups in total. The first-order chi connectivity index (χ1) is 10.1. The molecule has 2 rings (SSSR count). The second-order valence-corrected chi connectivity index (χ2v) is 5.90. The zero-order chi connectivity index (χ0) is 15.3. The van der Waals surface area contributed by atoms with Crippen LogP contribution < -0.4 is 9.04 Å². The molecule has 0 fully saturated rings. The van der Waals surface area contributed by atoms with Crippen LogP contribution in [0.3, 0.4) is 0 Å². The Kier molecular flexibility index (Phi) is 4.45. The van der Waals surface area contributed by atoms with E-state index in [1.807, 2.05) is 6.92 Å². The number of nitrogens with zero attached hydrogens (tertiary/aromatic N) is 2. The first-order valence-corrected chi connectivity index (χ1v) is 7.76. The molecule has 0 saturated carbocycles. The Bertz CT molecular complexity index is 735. The van der Waals surface area contributed by atoms with Gasteiger partial charge in [0.25, 0.3) is 10.0 Å². The summed E-state index contributed by atoms with van der Waals surface area (Å²) in [6.45, 7) is 2.37. The van der Waals surface area contributed by atoms with Crippen molar-refractivity contribution in [3.8, 4) is 11.9 Å². The van der Waals surface area contributed by atoms with Gasteiger partial charge in [0.15, 0.2) is 6.19 Å². The van der Waals surface area contributed by atoms with Crippen LogP contribution in [0.4, 0.5) is 5.69 Å². The molecule has 108 valence electrons. The highest BCUT2D eigenvalue weighted by Crippen LogP contribution is 2.25. The molecule has 0 saturated heterocycles. The average Bonchev–Trinajstić information content (AvgIpc) is 2.51. The summed E-state index contributed by atoms with van der Waals surface area (Å²) in [6.07, 6.45) is 1.71. The third kappa shape index (κ3) is 3.15. The fraction of sp³-hybridized carbons (Fsp3) is 0.133. The molecular formula is C15H14N2O3S. The van der Waals surface area contributed by atoms with Crippen LogP contribution >= 0.6 is 0 Å². The summed E-state index contributed by atoms with van der Waals surface area (Å²) in [6, 6.07) is 14.2. The quantitative estimate of drug-likeness (QED) is 0.629. The number of ether oxygens (including phenoxy) is 1. The van der Waals surface area contributed by atoms with Gasteiger partial charge in [-0.25, -0.2) is 0 Å². The summed E-state index contributed by atoms with van der Waals surface area (Å²) in [7, 11) is -3.90. The molecule has 0 radical (unpaired) electrons. The molecule has 0 amide bonds. The SMILES string of the molecule is CCOc1ccc(N(C#N)S(=O)(=O)c2ccccc2)cc1. The van der Waals surface area contributed by atoms with E-state index in [2.05, 4.69) is 0 Å². The van der Waals surface area contributed by atoms with Crippen LogP contribution in [0.25, 0.3) is 0 Å². The Morgan fingerprint density at radius 2 is 1.71 bits per heavy atom. The standard InChI is InChI=1S/C15H14N2O3S/c1-2-20-14-10-8-13(9-11-14)17(12-16)21(18,19)15-6-4-3-5-7-15/h3-11H,2H2,1H3. The zero-order valence-electron chi connectivity index (χ0n) is 11.4. The summed E-state index contributed by atoms with van der Waals surface area (Å²) in [5.74, 6) is 0.622. The van der Waals surface area contributed by atoms with Crippen LogP contribution in [0, 0.1) is 11.5 Å². The number of hydrogen-bond acceptors (Lipinski definition) is 4. The molecule has 0 aliphatic heterocycles. The number of sulfonamides is 1. The van der Waals surface area contributed by atoms with Crippen molar-refractivity contribution in [2.45, 2.75) is 11.8 Å². The minimum absolute atomic E-state index is 0.0698. The van der Waals surface area contributed by atoms with E-state index < -0.39 is 10.0 Å². The Morgan fingerprint density at radius 3 is 2.24 bits per heavy atom. The Balaban J connectivity index is 2.38. The van der Waals surface area contributed by atoms with E-state index in [0.29, 0.717) is 16.7 Å². The summed E-state index contributed by atoms with van der Waals surface area (Å²) < 4.78 is 30.9. The largest absolute Gasteiger partial charge is 0.494 e. The van der Waals surface area contributed by atoms with Gasteiger partial charge in [-0.3, -0.25) is 0 Å². The van der Waals surface area contributed by atoms with Crippen LogP contribution in [-0.2, 0) is 10.0 Å². The van der Waals surface area contributed by atoms with E-state index in [0.717, 1.165) is 0 Å². The zero-order valence-corrected chi connectivity index (χ0v) is 12.2. The molecule has 0 heterocycles. The number of anilines is 1. The van der Waals surface area contributed by atoms with Gasteiger partial charge >= 0.3 is 0 Å². The summed E-state index contributed by atoms with van der Waals surface area (Å²) in [5.41, 5.74) is 0.268. The minimum atomic E-state index is -3.90. The lowest BCUT2D eigenvalue weighted by molar-refractivity contribution is 0.340. The van der Waals surface area contributed by atoms with Gasteiger partial charge in [-0.1, -0.05) is 18.2 Å². The first-order valence-electron chi connectivity index (χ1n) is 6.32. The Labute approximate surface area is 124 Å². The lowest BCUT2D eigenvalue weighted by Gasteiger charge is -2.16. The highest BCUT2D eigenvalue weighted by Gasteiger charge is 2.24. The second kappa shape index (κ2) is 6.29. The molecule has 5 nitrogen and oxygen atoms in total. The van der Waals surface area contributed by atoms with E-state index in [1.165, 1.54) is 24.3 Å². The van der Waals surface area contributed by atoms with Crippen molar-refractivity contribution in [1.82, 2.24) is 0 Å². The highest BCUT2D eigenvalue weighted by molar-refractivity contribution is 7.93.